The van der Waals surface area contributed by atoms with E-state index in [4.69, 9.17) is 0 Å². The molecule has 0 heterocycles. The number of ketones is 1. The third-order valence-corrected chi connectivity index (χ3v) is 7.79. The van der Waals surface area contributed by atoms with Crippen LogP contribution < -0.4 is 10.9 Å². The summed E-state index contributed by atoms with van der Waals surface area (Å²) in [4.78, 5) is 36.1. The molecule has 4 fully saturated rings. The van der Waals surface area contributed by atoms with Gasteiger partial charge in [-0.2, -0.15) is 0 Å². The Bertz CT molecular complexity index is 806. The fourth-order valence-electron chi connectivity index (χ4n) is 6.05. The van der Waals surface area contributed by atoms with Gasteiger partial charge in [-0.3, -0.25) is 25.2 Å². The highest BCUT2D eigenvalue weighted by Crippen LogP contribution is 2.61. The van der Waals surface area contributed by atoms with Crippen molar-refractivity contribution in [2.24, 2.45) is 23.2 Å². The van der Waals surface area contributed by atoms with Crippen LogP contribution in [0.4, 0.5) is 4.39 Å². The first kappa shape index (κ1) is 20.4. The molecule has 5 nitrogen and oxygen atoms in total. The van der Waals surface area contributed by atoms with Crippen LogP contribution in [0.1, 0.15) is 62.2 Å². The SMILES string of the molecule is CC(=O)c1ccc(SCC(=O)NNC(=O)CC23CC4CC(CC(C4)C2)C3)c(F)c1. The Morgan fingerprint density at radius 3 is 2.17 bits per heavy atom. The smallest absolute Gasteiger partial charge is 0.248 e. The number of benzene rings is 1. The Hall–Kier alpha value is -1.89. The molecule has 0 atom stereocenters. The summed E-state index contributed by atoms with van der Waals surface area (Å²) in [5.74, 6) is 1.07. The Morgan fingerprint density at radius 2 is 1.62 bits per heavy atom. The zero-order chi connectivity index (χ0) is 20.6. The van der Waals surface area contributed by atoms with Crippen LogP contribution in [0.15, 0.2) is 23.1 Å². The molecule has 29 heavy (non-hydrogen) atoms. The second-order valence-corrected chi connectivity index (χ2v) is 10.2. The summed E-state index contributed by atoms with van der Waals surface area (Å²) < 4.78 is 14.0. The van der Waals surface area contributed by atoms with Gasteiger partial charge in [-0.25, -0.2) is 4.39 Å². The molecule has 5 rings (SSSR count). The minimum Gasteiger partial charge on any atom is -0.295 e. The van der Waals surface area contributed by atoms with Crippen LogP contribution in [-0.4, -0.2) is 23.4 Å². The van der Waals surface area contributed by atoms with Crippen LogP contribution in [0.3, 0.4) is 0 Å². The molecule has 4 aliphatic carbocycles. The molecule has 0 aliphatic heterocycles. The normalized spacial score (nSPS) is 29.5. The van der Waals surface area contributed by atoms with Gasteiger partial charge in [0.25, 0.3) is 0 Å². The highest BCUT2D eigenvalue weighted by Gasteiger charge is 2.51. The molecule has 4 aliphatic rings. The second-order valence-electron chi connectivity index (χ2n) is 9.18. The first-order valence-electron chi connectivity index (χ1n) is 10.3. The van der Waals surface area contributed by atoms with Crippen molar-refractivity contribution in [3.05, 3.63) is 29.6 Å². The van der Waals surface area contributed by atoms with E-state index in [-0.39, 0.29) is 28.8 Å². The lowest BCUT2D eigenvalue weighted by Crippen LogP contribution is -2.50. The maximum absolute atomic E-state index is 14.0. The molecule has 1 aromatic rings. The van der Waals surface area contributed by atoms with Crippen LogP contribution in [0.2, 0.25) is 0 Å². The van der Waals surface area contributed by atoms with Crippen molar-refractivity contribution in [2.45, 2.75) is 56.8 Å². The van der Waals surface area contributed by atoms with Gasteiger partial charge in [-0.05, 0) is 80.8 Å². The number of nitrogens with one attached hydrogen (secondary N) is 2. The molecule has 0 unspecified atom stereocenters. The van der Waals surface area contributed by atoms with E-state index in [2.05, 4.69) is 10.9 Å². The van der Waals surface area contributed by atoms with Crippen LogP contribution in [0, 0.1) is 29.0 Å². The van der Waals surface area contributed by atoms with Crippen molar-refractivity contribution < 1.29 is 18.8 Å². The minimum absolute atomic E-state index is 0.0199. The summed E-state index contributed by atoms with van der Waals surface area (Å²) in [6.07, 6.45) is 7.91. The average Bonchev–Trinajstić information content (AvgIpc) is 2.63. The number of thioether (sulfide) groups is 1. The van der Waals surface area contributed by atoms with Crippen molar-refractivity contribution in [2.75, 3.05) is 5.75 Å². The number of amides is 2. The Kier molecular flexibility index (Phi) is 5.69. The van der Waals surface area contributed by atoms with Gasteiger partial charge in [0.15, 0.2) is 5.78 Å². The van der Waals surface area contributed by atoms with E-state index in [0.717, 1.165) is 48.8 Å². The van der Waals surface area contributed by atoms with Crippen molar-refractivity contribution in [3.8, 4) is 0 Å². The fraction of sp³-hybridized carbons (Fsp3) is 0.591. The first-order chi connectivity index (χ1) is 13.8. The number of hydrogen-bond donors (Lipinski definition) is 2. The summed E-state index contributed by atoms with van der Waals surface area (Å²) in [7, 11) is 0. The lowest BCUT2D eigenvalue weighted by Gasteiger charge is -2.56. The summed E-state index contributed by atoms with van der Waals surface area (Å²) in [5.41, 5.74) is 5.41. The molecule has 0 radical (unpaired) electrons. The summed E-state index contributed by atoms with van der Waals surface area (Å²) in [6.45, 7) is 1.38. The Balaban J connectivity index is 1.23. The van der Waals surface area contributed by atoms with Gasteiger partial charge in [0.05, 0.1) is 5.75 Å². The summed E-state index contributed by atoms with van der Waals surface area (Å²) in [6, 6.07) is 4.21. The van der Waals surface area contributed by atoms with Crippen molar-refractivity contribution in [1.29, 1.82) is 0 Å². The van der Waals surface area contributed by atoms with E-state index in [0.29, 0.717) is 16.9 Å². The molecule has 0 saturated heterocycles. The number of hydrazine groups is 1. The molecule has 1 aromatic carbocycles. The predicted molar refractivity (Wildman–Crippen MR) is 109 cm³/mol. The molecular weight excluding hydrogens is 391 g/mol. The highest BCUT2D eigenvalue weighted by atomic mass is 32.2. The van der Waals surface area contributed by atoms with Gasteiger partial charge in [0, 0.05) is 16.9 Å². The molecule has 7 heteroatoms. The predicted octanol–water partition coefficient (Wildman–Crippen LogP) is 3.87. The second kappa shape index (κ2) is 8.09. The Morgan fingerprint density at radius 1 is 1.03 bits per heavy atom. The molecule has 4 saturated carbocycles. The van der Waals surface area contributed by atoms with E-state index < -0.39 is 5.82 Å². The van der Waals surface area contributed by atoms with E-state index in [9.17, 15) is 18.8 Å². The number of rotatable bonds is 6. The minimum atomic E-state index is -0.527. The molecule has 2 N–H and O–H groups in total. The first-order valence-corrected chi connectivity index (χ1v) is 11.3. The zero-order valence-corrected chi connectivity index (χ0v) is 17.4. The maximum Gasteiger partial charge on any atom is 0.248 e. The van der Waals surface area contributed by atoms with E-state index >= 15 is 0 Å². The lowest BCUT2D eigenvalue weighted by atomic mass is 9.49. The van der Waals surface area contributed by atoms with Crippen LogP contribution in [0.5, 0.6) is 0 Å². The third kappa shape index (κ3) is 4.65. The van der Waals surface area contributed by atoms with Crippen molar-refractivity contribution in [3.63, 3.8) is 0 Å². The standard InChI is InChI=1S/C22H27FN2O3S/c1-13(26)17-2-3-19(18(23)7-17)29-12-21(28)25-24-20(27)11-22-8-14-4-15(9-22)6-16(5-14)10-22/h2-3,7,14-16H,4-6,8-12H2,1H3,(H,24,27)(H,25,28). The zero-order valence-electron chi connectivity index (χ0n) is 16.6. The van der Waals surface area contributed by atoms with Crippen LogP contribution in [-0.2, 0) is 9.59 Å². The van der Waals surface area contributed by atoms with Gasteiger partial charge in [-0.1, -0.05) is 6.07 Å². The number of Topliss-reactive ketones (excluding diaryl/α,β-unsaturated/α-hetero) is 1. The molecule has 2 amide bonds. The molecule has 0 aromatic heterocycles. The molecule has 156 valence electrons. The van der Waals surface area contributed by atoms with Gasteiger partial charge in [0.2, 0.25) is 11.8 Å². The van der Waals surface area contributed by atoms with E-state index in [1.165, 1.54) is 38.3 Å². The topological polar surface area (TPSA) is 75.3 Å². The quantitative estimate of drug-likeness (QED) is 0.418. The van der Waals surface area contributed by atoms with Crippen LogP contribution >= 0.6 is 11.8 Å². The van der Waals surface area contributed by atoms with E-state index in [1.807, 2.05) is 0 Å². The van der Waals surface area contributed by atoms with Gasteiger partial charge < -0.3 is 0 Å². The maximum atomic E-state index is 14.0. The van der Waals surface area contributed by atoms with Crippen molar-refractivity contribution >= 4 is 29.4 Å². The average molecular weight is 419 g/mol. The fourth-order valence-corrected chi connectivity index (χ4v) is 6.77. The van der Waals surface area contributed by atoms with Gasteiger partial charge >= 0.3 is 0 Å². The van der Waals surface area contributed by atoms with Gasteiger partial charge in [-0.15, -0.1) is 11.8 Å². The number of carbonyl (C=O) groups excluding carboxylic acids is 3. The van der Waals surface area contributed by atoms with Gasteiger partial charge in [0.1, 0.15) is 5.82 Å². The largest absolute Gasteiger partial charge is 0.295 e. The number of carbonyl (C=O) groups is 3. The molecule has 0 spiro atoms. The summed E-state index contributed by atoms with van der Waals surface area (Å²) >= 11 is 1.03. The van der Waals surface area contributed by atoms with Crippen LogP contribution in [0.25, 0.3) is 0 Å². The Labute approximate surface area is 174 Å². The monoisotopic (exact) mass is 418 g/mol. The number of hydrogen-bond acceptors (Lipinski definition) is 4. The molecule has 4 bridgehead atoms. The number of halogens is 1. The van der Waals surface area contributed by atoms with E-state index in [1.54, 1.807) is 6.07 Å². The lowest BCUT2D eigenvalue weighted by molar-refractivity contribution is -0.133. The third-order valence-electron chi connectivity index (χ3n) is 6.74. The summed E-state index contributed by atoms with van der Waals surface area (Å²) in [5, 5.41) is 0. The molecular formula is C22H27FN2O3S. The van der Waals surface area contributed by atoms with Crippen molar-refractivity contribution in [1.82, 2.24) is 10.9 Å². The highest BCUT2D eigenvalue weighted by molar-refractivity contribution is 8.00.